The normalized spacial score (nSPS) is 16.7. The first kappa shape index (κ1) is 21.9. The van der Waals surface area contributed by atoms with Crippen LogP contribution in [0, 0.1) is 0 Å². The molecule has 1 amide bonds. The molecule has 3 rings (SSSR count). The van der Waals surface area contributed by atoms with Crippen LogP contribution >= 0.6 is 0 Å². The maximum absolute atomic E-state index is 12.5. The molecule has 2 aromatic carbocycles. The lowest BCUT2D eigenvalue weighted by atomic mass is 10.1. The molecule has 1 heterocycles. The van der Waals surface area contributed by atoms with Crippen LogP contribution in [0.5, 0.6) is 17.2 Å². The molecule has 0 aromatic heterocycles. The highest BCUT2D eigenvalue weighted by molar-refractivity contribution is 5.79. The van der Waals surface area contributed by atoms with E-state index >= 15 is 0 Å². The number of methoxy groups -OCH3 is 3. The summed E-state index contributed by atoms with van der Waals surface area (Å²) >= 11 is 0. The quantitative estimate of drug-likeness (QED) is 0.679. The van der Waals surface area contributed by atoms with Crippen molar-refractivity contribution >= 4 is 5.91 Å². The number of carbonyl (C=O) groups excluding carboxylic acids is 1. The van der Waals surface area contributed by atoms with Crippen molar-refractivity contribution in [2.24, 2.45) is 0 Å². The van der Waals surface area contributed by atoms with Crippen LogP contribution in [-0.4, -0.2) is 64.5 Å². The van der Waals surface area contributed by atoms with Gasteiger partial charge in [-0.1, -0.05) is 30.3 Å². The molecule has 0 unspecified atom stereocenters. The minimum absolute atomic E-state index is 0.0219. The number of morpholine rings is 1. The Morgan fingerprint density at radius 2 is 1.77 bits per heavy atom. The Morgan fingerprint density at radius 1 is 1.07 bits per heavy atom. The molecular formula is C23H30N2O5. The van der Waals surface area contributed by atoms with Gasteiger partial charge < -0.3 is 24.3 Å². The predicted molar refractivity (Wildman–Crippen MR) is 114 cm³/mol. The largest absolute Gasteiger partial charge is 0.493 e. The molecule has 162 valence electrons. The Hall–Kier alpha value is -2.77. The highest BCUT2D eigenvalue weighted by Gasteiger charge is 2.21. The maximum Gasteiger partial charge on any atom is 0.224 e. The molecule has 0 spiro atoms. The summed E-state index contributed by atoms with van der Waals surface area (Å²) in [5.41, 5.74) is 2.07. The van der Waals surface area contributed by atoms with E-state index in [0.717, 1.165) is 25.2 Å². The second-order valence-corrected chi connectivity index (χ2v) is 7.23. The van der Waals surface area contributed by atoms with Gasteiger partial charge in [0.15, 0.2) is 11.5 Å². The highest BCUT2D eigenvalue weighted by atomic mass is 16.5. The van der Waals surface area contributed by atoms with Crippen LogP contribution < -0.4 is 19.5 Å². The number of nitrogens with zero attached hydrogens (tertiary/aromatic N) is 1. The zero-order valence-electron chi connectivity index (χ0n) is 17.8. The Balaban J connectivity index is 1.52. The van der Waals surface area contributed by atoms with Gasteiger partial charge in [0, 0.05) is 26.2 Å². The minimum atomic E-state index is -0.0759. The SMILES string of the molecule is COc1cc(CC(=O)NC[C@@H]2CN(Cc3ccccc3)CCO2)cc(OC)c1OC. The van der Waals surface area contributed by atoms with Gasteiger partial charge in [0.25, 0.3) is 0 Å². The predicted octanol–water partition coefficient (Wildman–Crippen LogP) is 2.27. The van der Waals surface area contributed by atoms with Crippen molar-refractivity contribution in [1.29, 1.82) is 0 Å². The van der Waals surface area contributed by atoms with Crippen molar-refractivity contribution in [3.05, 3.63) is 53.6 Å². The summed E-state index contributed by atoms with van der Waals surface area (Å²) in [5, 5.41) is 2.99. The average Bonchev–Trinajstić information content (AvgIpc) is 2.78. The zero-order valence-corrected chi connectivity index (χ0v) is 17.8. The second kappa shape index (κ2) is 10.8. The lowest BCUT2D eigenvalue weighted by Crippen LogP contribution is -2.47. The van der Waals surface area contributed by atoms with E-state index in [2.05, 4.69) is 34.5 Å². The molecule has 0 radical (unpaired) electrons. The zero-order chi connectivity index (χ0) is 21.3. The van der Waals surface area contributed by atoms with Crippen molar-refractivity contribution in [3.8, 4) is 17.2 Å². The van der Waals surface area contributed by atoms with Gasteiger partial charge in [-0.3, -0.25) is 9.69 Å². The first-order valence-corrected chi connectivity index (χ1v) is 10.1. The number of hydrogen-bond acceptors (Lipinski definition) is 6. The molecule has 1 N–H and O–H groups in total. The van der Waals surface area contributed by atoms with E-state index in [1.54, 1.807) is 33.5 Å². The summed E-state index contributed by atoms with van der Waals surface area (Å²) in [6, 6.07) is 14.0. The molecule has 7 nitrogen and oxygen atoms in total. The Kier molecular flexibility index (Phi) is 7.93. The Morgan fingerprint density at radius 3 is 2.40 bits per heavy atom. The molecule has 1 saturated heterocycles. The molecule has 1 atom stereocenters. The van der Waals surface area contributed by atoms with E-state index in [0.29, 0.717) is 30.4 Å². The standard InChI is InChI=1S/C23H30N2O5/c1-27-20-11-18(12-21(28-2)23(20)29-3)13-22(26)24-14-19-16-25(9-10-30-19)15-17-7-5-4-6-8-17/h4-8,11-12,19H,9-10,13-16H2,1-3H3,(H,24,26)/t19-/m1/s1. The number of nitrogens with one attached hydrogen (secondary N) is 1. The number of ether oxygens (including phenoxy) is 4. The van der Waals surface area contributed by atoms with Crippen molar-refractivity contribution in [3.63, 3.8) is 0 Å². The topological polar surface area (TPSA) is 69.3 Å². The number of carbonyl (C=O) groups is 1. The van der Waals surface area contributed by atoms with Crippen molar-refractivity contribution in [2.45, 2.75) is 19.1 Å². The Labute approximate surface area is 177 Å². The second-order valence-electron chi connectivity index (χ2n) is 7.23. The third-order valence-corrected chi connectivity index (χ3v) is 5.09. The number of benzene rings is 2. The molecule has 0 saturated carbocycles. The van der Waals surface area contributed by atoms with Gasteiger partial charge in [0.2, 0.25) is 11.7 Å². The fraction of sp³-hybridized carbons (Fsp3) is 0.435. The van der Waals surface area contributed by atoms with Gasteiger partial charge >= 0.3 is 0 Å². The van der Waals surface area contributed by atoms with E-state index in [4.69, 9.17) is 18.9 Å². The summed E-state index contributed by atoms with van der Waals surface area (Å²) in [4.78, 5) is 14.8. The molecule has 2 aromatic rings. The summed E-state index contributed by atoms with van der Waals surface area (Å²) in [5.74, 6) is 1.50. The summed E-state index contributed by atoms with van der Waals surface area (Å²) in [7, 11) is 4.67. The van der Waals surface area contributed by atoms with E-state index in [-0.39, 0.29) is 18.4 Å². The van der Waals surface area contributed by atoms with E-state index < -0.39 is 0 Å². The van der Waals surface area contributed by atoms with Crippen LogP contribution in [-0.2, 0) is 22.5 Å². The highest BCUT2D eigenvalue weighted by Crippen LogP contribution is 2.38. The van der Waals surface area contributed by atoms with E-state index in [1.807, 2.05) is 6.07 Å². The molecule has 1 aliphatic heterocycles. The molecule has 0 aliphatic carbocycles. The van der Waals surface area contributed by atoms with Gasteiger partial charge in [0.05, 0.1) is 40.5 Å². The van der Waals surface area contributed by atoms with Crippen molar-refractivity contribution in [2.75, 3.05) is 47.6 Å². The molecule has 30 heavy (non-hydrogen) atoms. The minimum Gasteiger partial charge on any atom is -0.493 e. The first-order chi connectivity index (χ1) is 14.6. The fourth-order valence-electron chi connectivity index (χ4n) is 3.60. The fourth-order valence-corrected chi connectivity index (χ4v) is 3.60. The third kappa shape index (κ3) is 5.87. The van der Waals surface area contributed by atoms with E-state index in [1.165, 1.54) is 5.56 Å². The van der Waals surface area contributed by atoms with Gasteiger partial charge in [0.1, 0.15) is 0 Å². The van der Waals surface area contributed by atoms with Gasteiger partial charge in [-0.25, -0.2) is 0 Å². The number of amides is 1. The maximum atomic E-state index is 12.5. The van der Waals surface area contributed by atoms with Crippen molar-refractivity contribution < 1.29 is 23.7 Å². The Bertz CT molecular complexity index is 803. The summed E-state index contributed by atoms with van der Waals surface area (Å²) < 4.78 is 21.9. The molecule has 1 aliphatic rings. The molecule has 7 heteroatoms. The first-order valence-electron chi connectivity index (χ1n) is 10.1. The molecule has 0 bridgehead atoms. The van der Waals surface area contributed by atoms with Crippen LogP contribution in [0.3, 0.4) is 0 Å². The lowest BCUT2D eigenvalue weighted by molar-refractivity contribution is -0.121. The molecular weight excluding hydrogens is 384 g/mol. The van der Waals surface area contributed by atoms with Crippen LogP contribution in [0.2, 0.25) is 0 Å². The third-order valence-electron chi connectivity index (χ3n) is 5.09. The monoisotopic (exact) mass is 414 g/mol. The number of rotatable bonds is 9. The van der Waals surface area contributed by atoms with Crippen LogP contribution in [0.15, 0.2) is 42.5 Å². The van der Waals surface area contributed by atoms with Gasteiger partial charge in [-0.15, -0.1) is 0 Å². The average molecular weight is 415 g/mol. The summed E-state index contributed by atoms with van der Waals surface area (Å²) in [6.45, 7) is 3.72. The molecule has 1 fully saturated rings. The lowest BCUT2D eigenvalue weighted by Gasteiger charge is -2.33. The van der Waals surface area contributed by atoms with Crippen LogP contribution in [0.4, 0.5) is 0 Å². The van der Waals surface area contributed by atoms with Gasteiger partial charge in [-0.2, -0.15) is 0 Å². The van der Waals surface area contributed by atoms with E-state index in [9.17, 15) is 4.79 Å². The van der Waals surface area contributed by atoms with Gasteiger partial charge in [-0.05, 0) is 23.3 Å². The summed E-state index contributed by atoms with van der Waals surface area (Å²) in [6.07, 6.45) is 0.198. The smallest absolute Gasteiger partial charge is 0.224 e. The van der Waals surface area contributed by atoms with Crippen molar-refractivity contribution in [1.82, 2.24) is 10.2 Å². The van der Waals surface area contributed by atoms with Crippen LogP contribution in [0.25, 0.3) is 0 Å². The van der Waals surface area contributed by atoms with Crippen LogP contribution in [0.1, 0.15) is 11.1 Å². The number of hydrogen-bond donors (Lipinski definition) is 1.